The predicted molar refractivity (Wildman–Crippen MR) is 88.8 cm³/mol. The van der Waals surface area contributed by atoms with E-state index in [9.17, 15) is 9.59 Å². The summed E-state index contributed by atoms with van der Waals surface area (Å²) in [4.78, 5) is 24.4. The average Bonchev–Trinajstić information content (AvgIpc) is 2.59. The number of hydrogen-bond donors (Lipinski definition) is 2. The van der Waals surface area contributed by atoms with E-state index in [1.165, 1.54) is 0 Å². The maximum Gasteiger partial charge on any atom is 0.333 e. The molecule has 0 unspecified atom stereocenters. The van der Waals surface area contributed by atoms with E-state index in [0.717, 1.165) is 37.9 Å². The van der Waals surface area contributed by atoms with Crippen molar-refractivity contribution in [1.29, 1.82) is 0 Å². The van der Waals surface area contributed by atoms with Gasteiger partial charge in [-0.25, -0.2) is 4.79 Å². The zero-order chi connectivity index (χ0) is 16.5. The SMILES string of the molecule is CCOC(=O)[C@H](NC(=O)CCC1CCNCC1)c1ccccc1. The molecule has 0 saturated carbocycles. The molecule has 2 N–H and O–H groups in total. The number of hydrogen-bond acceptors (Lipinski definition) is 4. The Kier molecular flexibility index (Phi) is 7.07. The van der Waals surface area contributed by atoms with Crippen LogP contribution in [0.2, 0.25) is 0 Å². The summed E-state index contributed by atoms with van der Waals surface area (Å²) in [6.45, 7) is 4.12. The van der Waals surface area contributed by atoms with Crippen molar-refractivity contribution < 1.29 is 14.3 Å². The molecular formula is C18H26N2O3. The van der Waals surface area contributed by atoms with Gasteiger partial charge in [0, 0.05) is 6.42 Å². The van der Waals surface area contributed by atoms with Gasteiger partial charge in [0.25, 0.3) is 0 Å². The molecular weight excluding hydrogens is 292 g/mol. The average molecular weight is 318 g/mol. The van der Waals surface area contributed by atoms with E-state index in [1.807, 2.05) is 30.3 Å². The van der Waals surface area contributed by atoms with Crippen LogP contribution in [-0.2, 0) is 14.3 Å². The third kappa shape index (κ3) is 5.67. The Morgan fingerprint density at radius 2 is 1.96 bits per heavy atom. The van der Waals surface area contributed by atoms with Crippen LogP contribution in [0.4, 0.5) is 0 Å². The van der Waals surface area contributed by atoms with Crippen LogP contribution in [0, 0.1) is 5.92 Å². The first-order valence-corrected chi connectivity index (χ1v) is 8.42. The first-order valence-electron chi connectivity index (χ1n) is 8.42. The summed E-state index contributed by atoms with van der Waals surface area (Å²) in [6, 6.07) is 8.51. The van der Waals surface area contributed by atoms with Crippen LogP contribution in [-0.4, -0.2) is 31.6 Å². The maximum absolute atomic E-state index is 12.2. The molecule has 0 aliphatic carbocycles. The predicted octanol–water partition coefficient (Wildman–Crippen LogP) is 2.19. The third-order valence-electron chi connectivity index (χ3n) is 4.20. The quantitative estimate of drug-likeness (QED) is 0.756. The molecule has 1 atom stereocenters. The minimum Gasteiger partial charge on any atom is -0.464 e. The van der Waals surface area contributed by atoms with Crippen LogP contribution in [0.1, 0.15) is 44.2 Å². The van der Waals surface area contributed by atoms with E-state index >= 15 is 0 Å². The van der Waals surface area contributed by atoms with Gasteiger partial charge in [0.05, 0.1) is 6.61 Å². The minimum absolute atomic E-state index is 0.0922. The van der Waals surface area contributed by atoms with Gasteiger partial charge < -0.3 is 15.4 Å². The molecule has 1 aliphatic rings. The molecule has 1 aliphatic heterocycles. The fourth-order valence-electron chi connectivity index (χ4n) is 2.89. The molecule has 1 fully saturated rings. The number of carbonyl (C=O) groups is 2. The largest absolute Gasteiger partial charge is 0.464 e. The number of ether oxygens (including phenoxy) is 1. The van der Waals surface area contributed by atoms with Gasteiger partial charge in [-0.3, -0.25) is 4.79 Å². The maximum atomic E-state index is 12.2. The van der Waals surface area contributed by atoms with Gasteiger partial charge in [0.15, 0.2) is 6.04 Å². The summed E-state index contributed by atoms with van der Waals surface area (Å²) >= 11 is 0. The van der Waals surface area contributed by atoms with Gasteiger partial charge >= 0.3 is 5.97 Å². The normalized spacial score (nSPS) is 16.6. The summed E-state index contributed by atoms with van der Waals surface area (Å²) in [7, 11) is 0. The van der Waals surface area contributed by atoms with Gasteiger partial charge in [-0.2, -0.15) is 0 Å². The Morgan fingerprint density at radius 3 is 2.61 bits per heavy atom. The molecule has 5 nitrogen and oxygen atoms in total. The Bertz CT molecular complexity index is 498. The summed E-state index contributed by atoms with van der Waals surface area (Å²) < 4.78 is 5.09. The summed E-state index contributed by atoms with van der Waals surface area (Å²) in [5.74, 6) is 0.0964. The lowest BCUT2D eigenvalue weighted by molar-refractivity contribution is -0.147. The van der Waals surface area contributed by atoms with Gasteiger partial charge in [0.2, 0.25) is 5.91 Å². The third-order valence-corrected chi connectivity index (χ3v) is 4.20. The van der Waals surface area contributed by atoms with Crippen LogP contribution in [0.25, 0.3) is 0 Å². The summed E-state index contributed by atoms with van der Waals surface area (Å²) in [5.41, 5.74) is 0.751. The van der Waals surface area contributed by atoms with E-state index in [4.69, 9.17) is 4.74 Å². The Hall–Kier alpha value is -1.88. The van der Waals surface area contributed by atoms with Crippen LogP contribution < -0.4 is 10.6 Å². The van der Waals surface area contributed by atoms with Crippen molar-refractivity contribution in [2.75, 3.05) is 19.7 Å². The highest BCUT2D eigenvalue weighted by molar-refractivity contribution is 5.85. The van der Waals surface area contributed by atoms with Gasteiger partial charge in [-0.15, -0.1) is 0 Å². The molecule has 126 valence electrons. The zero-order valence-electron chi connectivity index (χ0n) is 13.7. The number of piperidine rings is 1. The van der Waals surface area contributed by atoms with Gasteiger partial charge in [0.1, 0.15) is 0 Å². The van der Waals surface area contributed by atoms with Crippen molar-refractivity contribution in [3.63, 3.8) is 0 Å². The molecule has 23 heavy (non-hydrogen) atoms. The van der Waals surface area contributed by atoms with Gasteiger partial charge in [-0.1, -0.05) is 30.3 Å². The highest BCUT2D eigenvalue weighted by Crippen LogP contribution is 2.19. The molecule has 0 bridgehead atoms. The molecule has 0 spiro atoms. The first-order chi connectivity index (χ1) is 11.2. The van der Waals surface area contributed by atoms with E-state index in [1.54, 1.807) is 6.92 Å². The number of rotatable bonds is 7. The second-order valence-electron chi connectivity index (χ2n) is 5.90. The number of amides is 1. The molecule has 1 saturated heterocycles. The second-order valence-corrected chi connectivity index (χ2v) is 5.90. The Labute approximate surface area is 137 Å². The van der Waals surface area contributed by atoms with E-state index in [0.29, 0.717) is 18.9 Å². The number of esters is 1. The van der Waals surface area contributed by atoms with Crippen LogP contribution >= 0.6 is 0 Å². The molecule has 1 aromatic rings. The Balaban J connectivity index is 1.91. The Morgan fingerprint density at radius 1 is 1.26 bits per heavy atom. The molecule has 1 heterocycles. The molecule has 5 heteroatoms. The minimum atomic E-state index is -0.725. The molecule has 1 amide bonds. The first kappa shape index (κ1) is 17.5. The van der Waals surface area contributed by atoms with Crippen molar-refractivity contribution in [2.45, 2.75) is 38.6 Å². The van der Waals surface area contributed by atoms with Gasteiger partial charge in [-0.05, 0) is 50.8 Å². The fraction of sp³-hybridized carbons (Fsp3) is 0.556. The number of nitrogens with one attached hydrogen (secondary N) is 2. The lowest BCUT2D eigenvalue weighted by atomic mass is 9.93. The smallest absolute Gasteiger partial charge is 0.333 e. The highest BCUT2D eigenvalue weighted by Gasteiger charge is 2.24. The second kappa shape index (κ2) is 9.30. The molecule has 2 rings (SSSR count). The molecule has 0 aromatic heterocycles. The van der Waals surface area contributed by atoms with Crippen LogP contribution in [0.3, 0.4) is 0 Å². The molecule has 1 aromatic carbocycles. The topological polar surface area (TPSA) is 67.4 Å². The molecule has 0 radical (unpaired) electrons. The van der Waals surface area contributed by atoms with Crippen LogP contribution in [0.15, 0.2) is 30.3 Å². The van der Waals surface area contributed by atoms with Crippen molar-refractivity contribution in [3.8, 4) is 0 Å². The summed E-state index contributed by atoms with van der Waals surface area (Å²) in [5, 5.41) is 6.15. The van der Waals surface area contributed by atoms with Crippen LogP contribution in [0.5, 0.6) is 0 Å². The standard InChI is InChI=1S/C18H26N2O3/c1-2-23-18(22)17(15-6-4-3-5-7-15)20-16(21)9-8-14-10-12-19-13-11-14/h3-7,14,17,19H,2,8-13H2,1H3,(H,20,21)/t17-/m1/s1. The lowest BCUT2D eigenvalue weighted by Gasteiger charge is -2.23. The lowest BCUT2D eigenvalue weighted by Crippen LogP contribution is -2.35. The van der Waals surface area contributed by atoms with Crippen molar-refractivity contribution >= 4 is 11.9 Å². The van der Waals surface area contributed by atoms with E-state index < -0.39 is 12.0 Å². The highest BCUT2D eigenvalue weighted by atomic mass is 16.5. The summed E-state index contributed by atoms with van der Waals surface area (Å²) in [6.07, 6.45) is 3.56. The number of carbonyl (C=O) groups excluding carboxylic acids is 2. The fourth-order valence-corrected chi connectivity index (χ4v) is 2.89. The van der Waals surface area contributed by atoms with Crippen molar-refractivity contribution in [2.24, 2.45) is 5.92 Å². The monoisotopic (exact) mass is 318 g/mol. The van der Waals surface area contributed by atoms with Crippen molar-refractivity contribution in [3.05, 3.63) is 35.9 Å². The zero-order valence-corrected chi connectivity index (χ0v) is 13.7. The van der Waals surface area contributed by atoms with E-state index in [-0.39, 0.29) is 5.91 Å². The van der Waals surface area contributed by atoms with E-state index in [2.05, 4.69) is 10.6 Å². The number of benzene rings is 1. The van der Waals surface area contributed by atoms with Crippen molar-refractivity contribution in [1.82, 2.24) is 10.6 Å².